The van der Waals surface area contributed by atoms with Gasteiger partial charge in [0, 0.05) is 42.8 Å². The molecule has 152 valence electrons. The second-order valence-electron chi connectivity index (χ2n) is 7.44. The Hall–Kier alpha value is -3.10. The van der Waals surface area contributed by atoms with Gasteiger partial charge in [-0.15, -0.1) is 11.3 Å². The average Bonchev–Trinajstić information content (AvgIpc) is 3.37. The normalized spacial score (nSPS) is 15.5. The van der Waals surface area contributed by atoms with Crippen molar-refractivity contribution in [2.24, 2.45) is 0 Å². The van der Waals surface area contributed by atoms with E-state index in [0.717, 1.165) is 42.2 Å². The largest absolute Gasteiger partial charge is 0.311 e. The number of amides is 2. The lowest BCUT2D eigenvalue weighted by Gasteiger charge is -2.27. The van der Waals surface area contributed by atoms with Gasteiger partial charge in [-0.1, -0.05) is 24.3 Å². The Labute approximate surface area is 178 Å². The van der Waals surface area contributed by atoms with Crippen molar-refractivity contribution < 1.29 is 9.59 Å². The number of pyridine rings is 1. The molecule has 0 bridgehead atoms. The fourth-order valence-corrected chi connectivity index (χ4v) is 5.01. The van der Waals surface area contributed by atoms with Gasteiger partial charge >= 0.3 is 0 Å². The molecule has 7 nitrogen and oxygen atoms in total. The molecule has 0 spiro atoms. The first kappa shape index (κ1) is 18.9. The first-order valence-corrected chi connectivity index (χ1v) is 10.8. The van der Waals surface area contributed by atoms with Crippen LogP contribution in [0.5, 0.6) is 0 Å². The molecule has 3 aromatic rings. The third-order valence-corrected chi connectivity index (χ3v) is 6.47. The Kier molecular flexibility index (Phi) is 5.02. The molecule has 2 amide bonds. The third-order valence-electron chi connectivity index (χ3n) is 5.48. The number of anilines is 2. The second-order valence-corrected chi connectivity index (χ2v) is 8.53. The minimum absolute atomic E-state index is 0.136. The van der Waals surface area contributed by atoms with E-state index >= 15 is 0 Å². The number of para-hydroxylation sites is 1. The molecule has 0 unspecified atom stereocenters. The maximum Gasteiger partial charge on any atom is 0.276 e. The van der Waals surface area contributed by atoms with Gasteiger partial charge in [0.05, 0.1) is 12.2 Å². The van der Waals surface area contributed by atoms with Gasteiger partial charge in [-0.05, 0) is 30.2 Å². The summed E-state index contributed by atoms with van der Waals surface area (Å²) in [6.07, 6.45) is 3.28. The summed E-state index contributed by atoms with van der Waals surface area (Å²) in [6.45, 7) is 2.60. The third kappa shape index (κ3) is 3.71. The molecule has 0 saturated heterocycles. The zero-order valence-electron chi connectivity index (χ0n) is 16.4. The number of carbonyl (C=O) groups excluding carboxylic acids is 2. The van der Waals surface area contributed by atoms with Crippen LogP contribution in [-0.4, -0.2) is 46.3 Å². The van der Waals surface area contributed by atoms with Crippen LogP contribution >= 0.6 is 11.3 Å². The Bertz CT molecular complexity index is 1100. The van der Waals surface area contributed by atoms with Crippen molar-refractivity contribution in [3.63, 3.8) is 0 Å². The first-order chi connectivity index (χ1) is 14.7. The molecule has 0 aliphatic carbocycles. The number of nitrogens with one attached hydrogen (secondary N) is 1. The van der Waals surface area contributed by atoms with E-state index in [0.29, 0.717) is 23.9 Å². The number of hydrogen-bond acceptors (Lipinski definition) is 6. The highest BCUT2D eigenvalue weighted by Gasteiger charge is 2.28. The van der Waals surface area contributed by atoms with E-state index < -0.39 is 0 Å². The summed E-state index contributed by atoms with van der Waals surface area (Å²) >= 11 is 1.47. The van der Waals surface area contributed by atoms with Crippen LogP contribution < -0.4 is 10.2 Å². The number of carbonyl (C=O) groups is 2. The van der Waals surface area contributed by atoms with Crippen molar-refractivity contribution >= 4 is 34.0 Å². The van der Waals surface area contributed by atoms with E-state index in [-0.39, 0.29) is 11.8 Å². The Balaban J connectivity index is 1.23. The summed E-state index contributed by atoms with van der Waals surface area (Å²) in [6, 6.07) is 13.3. The topological polar surface area (TPSA) is 78.4 Å². The van der Waals surface area contributed by atoms with Crippen LogP contribution in [0.3, 0.4) is 0 Å². The molecule has 0 fully saturated rings. The average molecular weight is 420 g/mol. The first-order valence-electron chi connectivity index (χ1n) is 9.99. The molecule has 5 rings (SSSR count). The molecular formula is C22H21N5O2S. The van der Waals surface area contributed by atoms with Gasteiger partial charge in [0.1, 0.15) is 5.69 Å². The van der Waals surface area contributed by atoms with Crippen molar-refractivity contribution in [2.75, 3.05) is 29.9 Å². The summed E-state index contributed by atoms with van der Waals surface area (Å²) in [4.78, 5) is 39.0. The highest BCUT2D eigenvalue weighted by molar-refractivity contribution is 7.15. The highest BCUT2D eigenvalue weighted by Crippen LogP contribution is 2.30. The van der Waals surface area contributed by atoms with E-state index in [4.69, 9.17) is 0 Å². The molecule has 2 aromatic heterocycles. The van der Waals surface area contributed by atoms with Crippen LogP contribution in [0.4, 0.5) is 10.8 Å². The van der Waals surface area contributed by atoms with Crippen LogP contribution in [0, 0.1) is 0 Å². The van der Waals surface area contributed by atoms with Crippen LogP contribution in [0.25, 0.3) is 0 Å². The van der Waals surface area contributed by atoms with Crippen LogP contribution in [0.1, 0.15) is 26.6 Å². The summed E-state index contributed by atoms with van der Waals surface area (Å²) < 4.78 is 0. The van der Waals surface area contributed by atoms with Gasteiger partial charge in [-0.2, -0.15) is 0 Å². The summed E-state index contributed by atoms with van der Waals surface area (Å²) in [5.41, 5.74) is 3.65. The SMILES string of the molecule is O=C(Nc1nc2c(s1)CN(CC(=O)N1CCc3ccccc31)CC2)c1ccccn1. The predicted molar refractivity (Wildman–Crippen MR) is 116 cm³/mol. The van der Waals surface area contributed by atoms with Crippen molar-refractivity contribution in [3.8, 4) is 0 Å². The molecule has 8 heteroatoms. The van der Waals surface area contributed by atoms with Crippen molar-refractivity contribution in [2.45, 2.75) is 19.4 Å². The maximum absolute atomic E-state index is 12.9. The van der Waals surface area contributed by atoms with Crippen molar-refractivity contribution in [1.82, 2.24) is 14.9 Å². The summed E-state index contributed by atoms with van der Waals surface area (Å²) in [5, 5.41) is 3.42. The van der Waals surface area contributed by atoms with E-state index in [9.17, 15) is 9.59 Å². The second kappa shape index (κ2) is 7.97. The number of rotatable bonds is 4. The highest BCUT2D eigenvalue weighted by atomic mass is 32.1. The molecule has 2 aliphatic heterocycles. The van der Waals surface area contributed by atoms with E-state index in [1.807, 2.05) is 23.1 Å². The molecule has 0 atom stereocenters. The Morgan fingerprint density at radius 3 is 2.80 bits per heavy atom. The zero-order chi connectivity index (χ0) is 20.5. The molecular weight excluding hydrogens is 398 g/mol. The fraction of sp³-hybridized carbons (Fsp3) is 0.273. The zero-order valence-corrected chi connectivity index (χ0v) is 17.2. The van der Waals surface area contributed by atoms with E-state index in [2.05, 4.69) is 26.3 Å². The number of aromatic nitrogens is 2. The van der Waals surface area contributed by atoms with Crippen molar-refractivity contribution in [3.05, 3.63) is 70.5 Å². The minimum Gasteiger partial charge on any atom is -0.311 e. The molecule has 2 aliphatic rings. The monoisotopic (exact) mass is 419 g/mol. The maximum atomic E-state index is 12.9. The van der Waals surface area contributed by atoms with Crippen LogP contribution in [0.15, 0.2) is 48.7 Å². The lowest BCUT2D eigenvalue weighted by molar-refractivity contribution is -0.119. The van der Waals surface area contributed by atoms with E-state index in [1.54, 1.807) is 24.4 Å². The van der Waals surface area contributed by atoms with Gasteiger partial charge in [0.2, 0.25) is 5.91 Å². The van der Waals surface area contributed by atoms with Crippen molar-refractivity contribution in [1.29, 1.82) is 0 Å². The number of hydrogen-bond donors (Lipinski definition) is 1. The number of nitrogens with zero attached hydrogens (tertiary/aromatic N) is 4. The van der Waals surface area contributed by atoms with Gasteiger partial charge in [0.25, 0.3) is 5.91 Å². The van der Waals surface area contributed by atoms with Gasteiger partial charge in [-0.3, -0.25) is 24.8 Å². The molecule has 0 radical (unpaired) electrons. The smallest absolute Gasteiger partial charge is 0.276 e. The lowest BCUT2D eigenvalue weighted by atomic mass is 10.1. The van der Waals surface area contributed by atoms with Gasteiger partial charge in [-0.25, -0.2) is 4.98 Å². The summed E-state index contributed by atoms with van der Waals surface area (Å²) in [5.74, 6) is -0.127. The molecule has 1 N–H and O–H groups in total. The Morgan fingerprint density at radius 2 is 1.93 bits per heavy atom. The lowest BCUT2D eigenvalue weighted by Crippen LogP contribution is -2.41. The fourth-order valence-electron chi connectivity index (χ4n) is 3.97. The van der Waals surface area contributed by atoms with Crippen LogP contribution in [-0.2, 0) is 24.2 Å². The molecule has 4 heterocycles. The van der Waals surface area contributed by atoms with Gasteiger partial charge < -0.3 is 4.90 Å². The number of benzene rings is 1. The van der Waals surface area contributed by atoms with E-state index in [1.165, 1.54) is 16.9 Å². The summed E-state index contributed by atoms with van der Waals surface area (Å²) in [7, 11) is 0. The quantitative estimate of drug-likeness (QED) is 0.704. The predicted octanol–water partition coefficient (Wildman–Crippen LogP) is 2.74. The number of fused-ring (bicyclic) bond motifs is 2. The minimum atomic E-state index is -0.263. The number of thiazole rings is 1. The standard InChI is InChI=1S/C22H21N5O2S/c28-20(27-12-8-15-5-1-2-7-18(15)27)14-26-11-9-16-19(13-26)30-22(24-16)25-21(29)17-6-3-4-10-23-17/h1-7,10H,8-9,11-14H2,(H,24,25,29). The molecule has 0 saturated carbocycles. The molecule has 30 heavy (non-hydrogen) atoms. The van der Waals surface area contributed by atoms with Crippen LogP contribution in [0.2, 0.25) is 0 Å². The molecule has 1 aromatic carbocycles. The Morgan fingerprint density at radius 1 is 1.07 bits per heavy atom. The van der Waals surface area contributed by atoms with Gasteiger partial charge in [0.15, 0.2) is 5.13 Å².